The molecule has 6 nitrogen and oxygen atoms in total. The van der Waals surface area contributed by atoms with Gasteiger partial charge in [0.2, 0.25) is 0 Å². The lowest BCUT2D eigenvalue weighted by Crippen LogP contribution is -2.28. The maximum Gasteiger partial charge on any atom is 0.341 e. The van der Waals surface area contributed by atoms with Crippen molar-refractivity contribution in [1.29, 1.82) is 0 Å². The van der Waals surface area contributed by atoms with Crippen LogP contribution in [0.4, 0.5) is 11.4 Å². The first-order valence-corrected chi connectivity index (χ1v) is 12.8. The van der Waals surface area contributed by atoms with Gasteiger partial charge in [0.1, 0.15) is 5.75 Å². The standard InChI is InChI=1S/C28H25BrN2O4S/c1-16-5-8-22(11-18(16)3)30-28-31(23-9-6-17(2)19(4)12-23)27(34)25(36-28)14-20-13-21(29)7-10-24(20)35-15-26(32)33/h5-14H,15H2,1-4H3,(H,32,33)/b25-14-,30-28?. The van der Waals surface area contributed by atoms with E-state index in [1.165, 1.54) is 17.3 Å². The van der Waals surface area contributed by atoms with Gasteiger partial charge in [-0.2, -0.15) is 0 Å². The first-order chi connectivity index (χ1) is 17.1. The number of anilines is 1. The van der Waals surface area contributed by atoms with E-state index in [-0.39, 0.29) is 5.91 Å². The molecule has 4 rings (SSSR count). The van der Waals surface area contributed by atoms with Gasteiger partial charge in [-0.1, -0.05) is 28.1 Å². The lowest BCUT2D eigenvalue weighted by Gasteiger charge is -2.17. The van der Waals surface area contributed by atoms with Crippen molar-refractivity contribution in [1.82, 2.24) is 0 Å². The number of thioether (sulfide) groups is 1. The predicted octanol–water partition coefficient (Wildman–Crippen LogP) is 6.95. The van der Waals surface area contributed by atoms with Crippen LogP contribution < -0.4 is 9.64 Å². The molecule has 0 aliphatic carbocycles. The van der Waals surface area contributed by atoms with Crippen molar-refractivity contribution in [3.8, 4) is 5.75 Å². The number of aliphatic carboxylic acids is 1. The van der Waals surface area contributed by atoms with Crippen LogP contribution in [-0.2, 0) is 9.59 Å². The van der Waals surface area contributed by atoms with Gasteiger partial charge in [0.25, 0.3) is 5.91 Å². The zero-order valence-corrected chi connectivity index (χ0v) is 22.7. The number of aryl methyl sites for hydroxylation is 4. The number of carbonyl (C=O) groups is 2. The van der Waals surface area contributed by atoms with Gasteiger partial charge in [-0.3, -0.25) is 9.69 Å². The minimum Gasteiger partial charge on any atom is -0.481 e. The molecular formula is C28H25BrN2O4S. The first kappa shape index (κ1) is 25.7. The summed E-state index contributed by atoms with van der Waals surface area (Å²) in [4.78, 5) is 31.6. The Morgan fingerprint density at radius 1 is 1.00 bits per heavy atom. The number of amidine groups is 1. The van der Waals surface area contributed by atoms with Crippen molar-refractivity contribution in [3.63, 3.8) is 0 Å². The molecule has 36 heavy (non-hydrogen) atoms. The van der Waals surface area contributed by atoms with E-state index in [0.717, 1.165) is 32.5 Å². The van der Waals surface area contributed by atoms with Crippen LogP contribution in [0.15, 0.2) is 69.0 Å². The van der Waals surface area contributed by atoms with Crippen molar-refractivity contribution in [2.75, 3.05) is 11.5 Å². The average molecular weight is 565 g/mol. The van der Waals surface area contributed by atoms with Crippen LogP contribution in [0, 0.1) is 27.7 Å². The zero-order valence-electron chi connectivity index (χ0n) is 20.3. The van der Waals surface area contributed by atoms with E-state index >= 15 is 0 Å². The smallest absolute Gasteiger partial charge is 0.341 e. The number of benzene rings is 3. The van der Waals surface area contributed by atoms with E-state index in [2.05, 4.69) is 15.9 Å². The van der Waals surface area contributed by atoms with E-state index < -0.39 is 12.6 Å². The second kappa shape index (κ2) is 10.7. The SMILES string of the molecule is Cc1ccc(N=C2S/C(=C\c3cc(Br)ccc3OCC(=O)O)C(=O)N2c2ccc(C)c(C)c2)cc1C. The van der Waals surface area contributed by atoms with Gasteiger partial charge < -0.3 is 9.84 Å². The van der Waals surface area contributed by atoms with Gasteiger partial charge in [-0.15, -0.1) is 0 Å². The van der Waals surface area contributed by atoms with E-state index in [9.17, 15) is 9.59 Å². The number of halogens is 1. The van der Waals surface area contributed by atoms with Crippen molar-refractivity contribution in [3.05, 3.63) is 91.8 Å². The summed E-state index contributed by atoms with van der Waals surface area (Å²) < 4.78 is 6.24. The van der Waals surface area contributed by atoms with E-state index in [1.54, 1.807) is 29.2 Å². The normalized spacial score (nSPS) is 15.7. The quantitative estimate of drug-likeness (QED) is 0.327. The van der Waals surface area contributed by atoms with Gasteiger partial charge >= 0.3 is 5.97 Å². The Labute approximate surface area is 222 Å². The number of carbonyl (C=O) groups excluding carboxylic acids is 1. The first-order valence-electron chi connectivity index (χ1n) is 11.2. The second-order valence-electron chi connectivity index (χ2n) is 8.55. The third kappa shape index (κ3) is 5.71. The summed E-state index contributed by atoms with van der Waals surface area (Å²) in [5, 5.41) is 9.57. The predicted molar refractivity (Wildman–Crippen MR) is 149 cm³/mol. The lowest BCUT2D eigenvalue weighted by atomic mass is 10.1. The third-order valence-electron chi connectivity index (χ3n) is 5.88. The summed E-state index contributed by atoms with van der Waals surface area (Å²) >= 11 is 4.72. The van der Waals surface area contributed by atoms with Gasteiger partial charge in [-0.05, 0) is 110 Å². The number of hydrogen-bond donors (Lipinski definition) is 1. The van der Waals surface area contributed by atoms with Crippen molar-refractivity contribution in [2.45, 2.75) is 27.7 Å². The van der Waals surface area contributed by atoms with Crippen LogP contribution in [0.1, 0.15) is 27.8 Å². The number of amides is 1. The molecule has 184 valence electrons. The molecule has 0 spiro atoms. The average Bonchev–Trinajstić information content (AvgIpc) is 3.12. The molecule has 0 bridgehead atoms. The molecule has 8 heteroatoms. The second-order valence-corrected chi connectivity index (χ2v) is 10.5. The number of carboxylic acid groups (broad SMARTS) is 1. The van der Waals surface area contributed by atoms with E-state index in [1.807, 2.05) is 64.1 Å². The molecule has 3 aromatic carbocycles. The minimum atomic E-state index is -1.08. The van der Waals surface area contributed by atoms with Crippen LogP contribution in [0.3, 0.4) is 0 Å². The van der Waals surface area contributed by atoms with Gasteiger partial charge in [-0.25, -0.2) is 9.79 Å². The highest BCUT2D eigenvalue weighted by Crippen LogP contribution is 2.39. The summed E-state index contributed by atoms with van der Waals surface area (Å²) in [5.41, 5.74) is 6.59. The molecule has 0 radical (unpaired) electrons. The zero-order chi connectivity index (χ0) is 26.0. The van der Waals surface area contributed by atoms with Crippen LogP contribution in [0.2, 0.25) is 0 Å². The molecule has 1 saturated heterocycles. The molecule has 1 aliphatic heterocycles. The van der Waals surface area contributed by atoms with E-state index in [4.69, 9.17) is 14.8 Å². The minimum absolute atomic E-state index is 0.213. The number of ether oxygens (including phenoxy) is 1. The third-order valence-corrected chi connectivity index (χ3v) is 7.34. The molecule has 0 unspecified atom stereocenters. The summed E-state index contributed by atoms with van der Waals surface area (Å²) in [7, 11) is 0. The van der Waals surface area contributed by atoms with Crippen molar-refractivity contribution >= 4 is 62.2 Å². The fourth-order valence-electron chi connectivity index (χ4n) is 3.59. The molecule has 1 N–H and O–H groups in total. The van der Waals surface area contributed by atoms with Crippen LogP contribution in [-0.4, -0.2) is 28.8 Å². The van der Waals surface area contributed by atoms with E-state index in [0.29, 0.717) is 21.4 Å². The fourth-order valence-corrected chi connectivity index (χ4v) is 4.96. The van der Waals surface area contributed by atoms with Crippen LogP contribution in [0.5, 0.6) is 5.75 Å². The number of rotatable bonds is 6. The Hall–Kier alpha value is -3.36. The maximum absolute atomic E-state index is 13.7. The lowest BCUT2D eigenvalue weighted by molar-refractivity contribution is -0.139. The monoisotopic (exact) mass is 564 g/mol. The van der Waals surface area contributed by atoms with Gasteiger partial charge in [0, 0.05) is 10.0 Å². The summed E-state index contributed by atoms with van der Waals surface area (Å²) in [6.45, 7) is 7.64. The van der Waals surface area contributed by atoms with Crippen molar-refractivity contribution in [2.24, 2.45) is 4.99 Å². The highest BCUT2D eigenvalue weighted by atomic mass is 79.9. The fraction of sp³-hybridized carbons (Fsp3) is 0.179. The Morgan fingerprint density at radius 3 is 2.36 bits per heavy atom. The molecule has 1 aliphatic rings. The summed E-state index contributed by atoms with van der Waals surface area (Å²) in [6.07, 6.45) is 1.71. The molecule has 0 aromatic heterocycles. The Kier molecular flexibility index (Phi) is 7.66. The Morgan fingerprint density at radius 2 is 1.69 bits per heavy atom. The molecular weight excluding hydrogens is 540 g/mol. The maximum atomic E-state index is 13.7. The molecule has 1 heterocycles. The molecule has 1 amide bonds. The highest BCUT2D eigenvalue weighted by Gasteiger charge is 2.35. The molecule has 0 atom stereocenters. The number of aliphatic imine (C=N–C) groups is 1. The largest absolute Gasteiger partial charge is 0.481 e. The Balaban J connectivity index is 1.80. The topological polar surface area (TPSA) is 79.2 Å². The van der Waals surface area contributed by atoms with Gasteiger partial charge in [0.05, 0.1) is 16.3 Å². The highest BCUT2D eigenvalue weighted by molar-refractivity contribution is 9.10. The molecule has 0 saturated carbocycles. The summed E-state index contributed by atoms with van der Waals surface area (Å²) in [5.74, 6) is -0.916. The van der Waals surface area contributed by atoms with Crippen LogP contribution in [0.25, 0.3) is 6.08 Å². The van der Waals surface area contributed by atoms with Gasteiger partial charge in [0.15, 0.2) is 11.8 Å². The number of carboxylic acids is 1. The summed E-state index contributed by atoms with van der Waals surface area (Å²) in [6, 6.07) is 17.1. The molecule has 1 fully saturated rings. The van der Waals surface area contributed by atoms with Crippen molar-refractivity contribution < 1.29 is 19.4 Å². The van der Waals surface area contributed by atoms with Crippen LogP contribution >= 0.6 is 27.7 Å². The molecule has 3 aromatic rings. The number of hydrogen-bond acceptors (Lipinski definition) is 5. The number of nitrogens with zero attached hydrogens (tertiary/aromatic N) is 2. The Bertz CT molecular complexity index is 1430.